The molecule has 0 heterocycles. The molecule has 398 valence electrons. The molecule has 0 aromatic heterocycles. The van der Waals surface area contributed by atoms with E-state index in [-0.39, 0.29) is 192 Å². The Kier molecular flexibility index (Phi) is 105. The van der Waals surface area contributed by atoms with E-state index >= 15 is 0 Å². The molecule has 0 saturated heterocycles. The van der Waals surface area contributed by atoms with Gasteiger partial charge in [0.2, 0.25) is 5.91 Å². The number of carbonyl (C=O) groups excluding carboxylic acids is 4. The second-order valence-electron chi connectivity index (χ2n) is 18.8. The van der Waals surface area contributed by atoms with Crippen LogP contribution in [0.1, 0.15) is 158 Å². The van der Waals surface area contributed by atoms with Crippen LogP contribution < -0.4 is 10.8 Å². The molecule has 3 N–H and O–H groups in total. The molecular formula is C46H111Ar4N5O6P2. The first-order chi connectivity index (χ1) is 25.9. The van der Waals surface area contributed by atoms with E-state index in [2.05, 4.69) is 46.9 Å². The molecule has 0 spiro atoms. The minimum absolute atomic E-state index is 0. The number of hydrogen-bond acceptors (Lipinski definition) is 9. The van der Waals surface area contributed by atoms with Crippen LogP contribution in [0, 0.1) is 174 Å². The van der Waals surface area contributed by atoms with Crippen LogP contribution >= 0.6 is 14.4 Å². The summed E-state index contributed by atoms with van der Waals surface area (Å²) in [4.78, 5) is 48.0. The Morgan fingerprint density at radius 3 is 0.841 bits per heavy atom. The smallest absolute Gasteiger partial charge is 0.217 e. The molecular weight excluding hydrogens is 940 g/mol. The van der Waals surface area contributed by atoms with Crippen molar-refractivity contribution in [3.05, 3.63) is 0 Å². The maximum atomic E-state index is 10.9. The molecule has 0 aliphatic heterocycles. The minimum atomic E-state index is -2.24. The van der Waals surface area contributed by atoms with Crippen LogP contribution in [-0.2, 0) is 28.3 Å². The van der Waals surface area contributed by atoms with Gasteiger partial charge in [-0.1, -0.05) is 117 Å². The van der Waals surface area contributed by atoms with E-state index in [4.69, 9.17) is 5.50 Å². The maximum Gasteiger partial charge on any atom is 0.217 e. The molecule has 0 bridgehead atoms. The molecule has 11 nitrogen and oxygen atoms in total. The quantitative estimate of drug-likeness (QED) is 0.202. The number of ketones is 3. The molecule has 0 aliphatic rings. The van der Waals surface area contributed by atoms with Gasteiger partial charge in [0.15, 0.2) is 0 Å². The van der Waals surface area contributed by atoms with E-state index in [1.54, 1.807) is 20.5 Å². The third-order valence-electron chi connectivity index (χ3n) is 6.98. The van der Waals surface area contributed by atoms with Gasteiger partial charge < -0.3 is 29.1 Å². The third-order valence-corrected chi connectivity index (χ3v) is 11.5. The SMILES string of the molecule is CC.CC.CC(=O)C(C)CC(C)(C)C.CC(=O)CNC(C)=O.CC(C)P(C)(C)=O.CC(C)P(C)(N)=O.CCC(C)(C)CC(C)C(C)=O.CN(C)C.CN(C)C.CN(C)C.[Ar].[Ar].[Ar].[Ar]. The first-order valence-electron chi connectivity index (χ1n) is 21.4. The number of amides is 1. The number of rotatable bonds is 10. The van der Waals surface area contributed by atoms with Crippen LogP contribution in [0.5, 0.6) is 0 Å². The molecule has 1 amide bonds. The largest absolute Gasteiger partial charge is 0.349 e. The zero-order valence-corrected chi connectivity index (χ0v) is 51.9. The Labute approximate surface area is 516 Å². The molecule has 0 radical (unpaired) electrons. The van der Waals surface area contributed by atoms with Gasteiger partial charge in [0.25, 0.3) is 0 Å². The van der Waals surface area contributed by atoms with Gasteiger partial charge in [0, 0.05) is 188 Å². The van der Waals surface area contributed by atoms with E-state index < -0.39 is 14.4 Å². The van der Waals surface area contributed by atoms with Crippen molar-refractivity contribution in [3.63, 3.8) is 0 Å². The summed E-state index contributed by atoms with van der Waals surface area (Å²) >= 11 is 0. The molecule has 0 rings (SSSR count). The van der Waals surface area contributed by atoms with E-state index in [0.717, 1.165) is 19.3 Å². The number of nitrogens with two attached hydrogens (primary N) is 1. The average Bonchev–Trinajstić information content (AvgIpc) is 3.00. The zero-order valence-electron chi connectivity index (χ0n) is 47.3. The van der Waals surface area contributed by atoms with Crippen LogP contribution in [0.3, 0.4) is 0 Å². The molecule has 3 atom stereocenters. The van der Waals surface area contributed by atoms with Crippen molar-refractivity contribution in [1.82, 2.24) is 20.0 Å². The summed E-state index contributed by atoms with van der Waals surface area (Å²) in [7, 11) is 14.0. The fraction of sp³-hybridized carbons (Fsp3) is 0.913. The van der Waals surface area contributed by atoms with Gasteiger partial charge in [-0.2, -0.15) is 0 Å². The van der Waals surface area contributed by atoms with Gasteiger partial charge in [0.1, 0.15) is 24.6 Å². The number of Topliss-reactive ketones (excluding diaryl/α,β-unsaturated/α-hetero) is 3. The second-order valence-corrected chi connectivity index (χ2v) is 25.9. The Morgan fingerprint density at radius 2 is 0.762 bits per heavy atom. The number of nitrogens with zero attached hydrogens (tertiary/aromatic N) is 3. The van der Waals surface area contributed by atoms with Crippen molar-refractivity contribution in [2.75, 3.05) is 90.0 Å². The van der Waals surface area contributed by atoms with E-state index in [0.29, 0.717) is 22.6 Å². The number of nitrogens with one attached hydrogen (secondary N) is 1. The topological polar surface area (TPSA) is 150 Å². The van der Waals surface area contributed by atoms with Gasteiger partial charge in [-0.05, 0) is 121 Å². The van der Waals surface area contributed by atoms with Crippen molar-refractivity contribution in [1.29, 1.82) is 0 Å². The Bertz CT molecular complexity index is 1000. The monoisotopic (exact) mass is 1050 g/mol. The predicted octanol–water partition coefficient (Wildman–Crippen LogP) is 11.3. The summed E-state index contributed by atoms with van der Waals surface area (Å²) in [6.07, 6.45) is 3.14. The third kappa shape index (κ3) is 153. The van der Waals surface area contributed by atoms with Crippen LogP contribution in [0.2, 0.25) is 0 Å². The molecule has 17 heteroatoms. The first kappa shape index (κ1) is 104. The van der Waals surface area contributed by atoms with Gasteiger partial charge in [-0.15, -0.1) is 0 Å². The van der Waals surface area contributed by atoms with Crippen molar-refractivity contribution in [2.45, 2.75) is 169 Å². The van der Waals surface area contributed by atoms with Crippen LogP contribution in [-0.4, -0.2) is 139 Å². The summed E-state index contributed by atoms with van der Waals surface area (Å²) < 4.78 is 21.6. The number of carbonyl (C=O) groups is 4. The number of hydrogen-bond donors (Lipinski definition) is 2. The van der Waals surface area contributed by atoms with Crippen molar-refractivity contribution in [3.8, 4) is 0 Å². The van der Waals surface area contributed by atoms with Crippen molar-refractivity contribution >= 4 is 37.7 Å². The normalized spacial score (nSPS) is 11.5. The molecule has 0 fully saturated rings. The van der Waals surface area contributed by atoms with Crippen LogP contribution in [0.15, 0.2) is 0 Å². The summed E-state index contributed by atoms with van der Waals surface area (Å²) in [5.74, 6) is 0.867. The molecule has 0 saturated carbocycles. The summed E-state index contributed by atoms with van der Waals surface area (Å²) in [6, 6.07) is 0. The van der Waals surface area contributed by atoms with Crippen molar-refractivity contribution < 1.29 is 179 Å². The van der Waals surface area contributed by atoms with Gasteiger partial charge >= 0.3 is 0 Å². The minimum Gasteiger partial charge on any atom is -0.349 e. The van der Waals surface area contributed by atoms with E-state index in [1.165, 1.54) is 13.8 Å². The van der Waals surface area contributed by atoms with Gasteiger partial charge in [-0.25, -0.2) is 0 Å². The Hall–Kier alpha value is 3.82. The predicted molar refractivity (Wildman–Crippen MR) is 271 cm³/mol. The summed E-state index contributed by atoms with van der Waals surface area (Å²) in [5, 5.41) is 2.36. The zero-order chi connectivity index (χ0) is 50.9. The van der Waals surface area contributed by atoms with Gasteiger partial charge in [0.05, 0.1) is 13.7 Å². The van der Waals surface area contributed by atoms with Crippen molar-refractivity contribution in [2.24, 2.45) is 28.2 Å². The van der Waals surface area contributed by atoms with E-state index in [1.807, 2.05) is 161 Å². The second kappa shape index (κ2) is 63.8. The summed E-state index contributed by atoms with van der Waals surface area (Å²) in [6.45, 7) is 44.3. The molecule has 0 aromatic carbocycles. The fourth-order valence-electron chi connectivity index (χ4n) is 2.43. The standard InChI is InChI=1S/C10H20O.C9H18O.C5H9NO2.C5H13OP.C4H12NOP.3C3H9N.2C2H6.4Ar/c1-6-10(4,5)7-8(2)9(3)11;1-7(8(2)10)6-9(3,4)5;1-4(7)3-6-5(2)8;1-5(2)7(3,4)6;1-4(2)7(3,5)6;3*1-4(2)3;2*1-2;;;;/h8H,6-7H2,1-5H3;7H,6H2,1-5H3;3H2,1-2H3,(H,6,8);5H,1-4H3;4H,1-3H3,(H2,5,6);3*1-3H3;2*1-2H3;;;;. The molecule has 0 aliphatic carbocycles. The van der Waals surface area contributed by atoms with Crippen LogP contribution in [0.25, 0.3) is 0 Å². The Morgan fingerprint density at radius 1 is 0.556 bits per heavy atom. The first-order valence-corrected chi connectivity index (χ1v) is 26.4. The molecule has 63 heavy (non-hydrogen) atoms. The average molecular weight is 1050 g/mol. The molecule has 3 unspecified atom stereocenters. The van der Waals surface area contributed by atoms with Gasteiger partial charge in [-0.3, -0.25) is 24.7 Å². The molecule has 0 aromatic rings. The summed E-state index contributed by atoms with van der Waals surface area (Å²) in [5.41, 5.74) is 6.33. The fourth-order valence-corrected chi connectivity index (χ4v) is 2.43. The van der Waals surface area contributed by atoms with E-state index in [9.17, 15) is 28.3 Å². The Balaban J connectivity index is -0.0000000363. The van der Waals surface area contributed by atoms with Crippen LogP contribution in [0.4, 0.5) is 0 Å². The maximum absolute atomic E-state index is 10.9.